The molecular formula is C33H53N3O5. The maximum atomic E-state index is 13.8. The predicted octanol–water partition coefficient (Wildman–Crippen LogP) is 5.15. The number of hydrogen-bond donors (Lipinski definition) is 1. The first-order valence-corrected chi connectivity index (χ1v) is 16.0. The Hall–Kier alpha value is -2.32. The van der Waals surface area contributed by atoms with Gasteiger partial charge in [0.2, 0.25) is 5.91 Å². The highest BCUT2D eigenvalue weighted by molar-refractivity contribution is 5.95. The van der Waals surface area contributed by atoms with Gasteiger partial charge in [0.1, 0.15) is 0 Å². The SMILES string of the molecule is COCCCOc1cc(C(=O)N(CC2CNCC2CN(C(=O)CCC2CCCCC2)C2CC2)C(C)C)ccc1OC. The average molecular weight is 572 g/mol. The molecule has 8 heteroatoms. The lowest BCUT2D eigenvalue weighted by atomic mass is 9.86. The van der Waals surface area contributed by atoms with E-state index in [9.17, 15) is 9.59 Å². The molecule has 1 saturated heterocycles. The fraction of sp³-hybridized carbons (Fsp3) is 0.758. The molecule has 0 aromatic heterocycles. The van der Waals surface area contributed by atoms with Crippen molar-refractivity contribution < 1.29 is 23.8 Å². The van der Waals surface area contributed by atoms with Crippen LogP contribution in [0, 0.1) is 17.8 Å². The summed E-state index contributed by atoms with van der Waals surface area (Å²) in [5, 5.41) is 3.57. The second-order valence-corrected chi connectivity index (χ2v) is 12.6. The van der Waals surface area contributed by atoms with Crippen LogP contribution in [0.5, 0.6) is 11.5 Å². The summed E-state index contributed by atoms with van der Waals surface area (Å²) < 4.78 is 16.5. The lowest BCUT2D eigenvalue weighted by molar-refractivity contribution is -0.133. The van der Waals surface area contributed by atoms with Crippen LogP contribution in [0.3, 0.4) is 0 Å². The Morgan fingerprint density at radius 1 is 0.951 bits per heavy atom. The van der Waals surface area contributed by atoms with Gasteiger partial charge in [-0.1, -0.05) is 32.1 Å². The number of benzene rings is 1. The molecule has 3 aliphatic rings. The molecule has 1 N–H and O–H groups in total. The van der Waals surface area contributed by atoms with E-state index in [2.05, 4.69) is 24.1 Å². The zero-order valence-electron chi connectivity index (χ0n) is 25.9. The molecule has 2 atom stereocenters. The number of amides is 2. The minimum absolute atomic E-state index is 0.00217. The van der Waals surface area contributed by atoms with Crippen LogP contribution in [-0.2, 0) is 9.53 Å². The molecule has 2 saturated carbocycles. The van der Waals surface area contributed by atoms with Crippen molar-refractivity contribution in [3.05, 3.63) is 23.8 Å². The van der Waals surface area contributed by atoms with Crippen LogP contribution in [0.2, 0.25) is 0 Å². The van der Waals surface area contributed by atoms with Crippen LogP contribution >= 0.6 is 0 Å². The zero-order valence-corrected chi connectivity index (χ0v) is 25.9. The van der Waals surface area contributed by atoms with Crippen molar-refractivity contribution in [3.63, 3.8) is 0 Å². The van der Waals surface area contributed by atoms with Gasteiger partial charge in [-0.25, -0.2) is 0 Å². The maximum absolute atomic E-state index is 13.8. The molecule has 1 aliphatic heterocycles. The minimum atomic E-state index is -0.00217. The van der Waals surface area contributed by atoms with Gasteiger partial charge in [-0.2, -0.15) is 0 Å². The van der Waals surface area contributed by atoms with Crippen LogP contribution in [0.25, 0.3) is 0 Å². The molecule has 3 fully saturated rings. The number of carbonyl (C=O) groups is 2. The second kappa shape index (κ2) is 15.8. The Morgan fingerprint density at radius 2 is 1.68 bits per heavy atom. The molecule has 2 aliphatic carbocycles. The van der Waals surface area contributed by atoms with Crippen LogP contribution in [-0.4, -0.2) is 87.3 Å². The molecule has 8 nitrogen and oxygen atoms in total. The predicted molar refractivity (Wildman–Crippen MR) is 162 cm³/mol. The van der Waals surface area contributed by atoms with E-state index in [1.165, 1.54) is 32.1 Å². The van der Waals surface area contributed by atoms with E-state index < -0.39 is 0 Å². The van der Waals surface area contributed by atoms with Crippen molar-refractivity contribution in [1.82, 2.24) is 15.1 Å². The fourth-order valence-electron chi connectivity index (χ4n) is 6.51. The summed E-state index contributed by atoms with van der Waals surface area (Å²) in [5.41, 5.74) is 0.598. The third kappa shape index (κ3) is 9.08. The van der Waals surface area contributed by atoms with Crippen LogP contribution < -0.4 is 14.8 Å². The topological polar surface area (TPSA) is 80.3 Å². The minimum Gasteiger partial charge on any atom is -0.493 e. The third-order valence-electron chi connectivity index (χ3n) is 9.19. The number of ether oxygens (including phenoxy) is 3. The second-order valence-electron chi connectivity index (χ2n) is 12.6. The number of methoxy groups -OCH3 is 2. The summed E-state index contributed by atoms with van der Waals surface area (Å²) in [6, 6.07) is 5.90. The first-order valence-electron chi connectivity index (χ1n) is 16.0. The molecule has 2 unspecified atom stereocenters. The van der Waals surface area contributed by atoms with Crippen LogP contribution in [0.1, 0.15) is 88.4 Å². The number of nitrogens with zero attached hydrogens (tertiary/aromatic N) is 2. The number of hydrogen-bond acceptors (Lipinski definition) is 6. The Kier molecular flexibility index (Phi) is 12.2. The van der Waals surface area contributed by atoms with E-state index in [0.29, 0.717) is 67.0 Å². The smallest absolute Gasteiger partial charge is 0.254 e. The highest BCUT2D eigenvalue weighted by Crippen LogP contribution is 2.33. The first-order chi connectivity index (χ1) is 19.9. The monoisotopic (exact) mass is 571 g/mol. The van der Waals surface area contributed by atoms with Gasteiger partial charge in [-0.3, -0.25) is 9.59 Å². The van der Waals surface area contributed by atoms with Crippen molar-refractivity contribution in [2.45, 2.75) is 90.1 Å². The third-order valence-corrected chi connectivity index (χ3v) is 9.19. The summed E-state index contributed by atoms with van der Waals surface area (Å²) in [5.74, 6) is 2.91. The van der Waals surface area contributed by atoms with E-state index in [0.717, 1.165) is 51.2 Å². The molecular weight excluding hydrogens is 518 g/mol. The number of nitrogens with one attached hydrogen (secondary N) is 1. The van der Waals surface area contributed by atoms with Gasteiger partial charge in [0.15, 0.2) is 11.5 Å². The molecule has 1 heterocycles. The normalized spacial score (nSPS) is 21.2. The van der Waals surface area contributed by atoms with Crippen molar-refractivity contribution in [2.75, 3.05) is 53.6 Å². The molecule has 0 radical (unpaired) electrons. The molecule has 1 aromatic rings. The van der Waals surface area contributed by atoms with Gasteiger partial charge in [-0.15, -0.1) is 0 Å². The number of carbonyl (C=O) groups excluding carboxylic acids is 2. The summed E-state index contributed by atoms with van der Waals surface area (Å²) in [6.07, 6.45) is 11.3. The van der Waals surface area contributed by atoms with Gasteiger partial charge in [0.25, 0.3) is 5.91 Å². The highest BCUT2D eigenvalue weighted by Gasteiger charge is 2.38. The molecule has 230 valence electrons. The zero-order chi connectivity index (χ0) is 29.2. The summed E-state index contributed by atoms with van der Waals surface area (Å²) in [7, 11) is 3.28. The van der Waals surface area contributed by atoms with Crippen LogP contribution in [0.15, 0.2) is 18.2 Å². The van der Waals surface area contributed by atoms with E-state index in [-0.39, 0.29) is 11.9 Å². The highest BCUT2D eigenvalue weighted by atomic mass is 16.5. The first kappa shape index (κ1) is 31.6. The van der Waals surface area contributed by atoms with E-state index in [4.69, 9.17) is 14.2 Å². The van der Waals surface area contributed by atoms with E-state index in [1.54, 1.807) is 20.3 Å². The molecule has 4 rings (SSSR count). The van der Waals surface area contributed by atoms with E-state index in [1.807, 2.05) is 17.0 Å². The van der Waals surface area contributed by atoms with Gasteiger partial charge in [0, 0.05) is 70.4 Å². The summed E-state index contributed by atoms with van der Waals surface area (Å²) in [6.45, 7) is 8.48. The average Bonchev–Trinajstić information content (AvgIpc) is 3.74. The fourth-order valence-corrected chi connectivity index (χ4v) is 6.51. The number of rotatable bonds is 16. The van der Waals surface area contributed by atoms with E-state index >= 15 is 0 Å². The Balaban J connectivity index is 1.38. The Labute approximate surface area is 247 Å². The van der Waals surface area contributed by atoms with Crippen LogP contribution in [0.4, 0.5) is 0 Å². The molecule has 2 amide bonds. The molecule has 0 spiro atoms. The van der Waals surface area contributed by atoms with Gasteiger partial charge in [-0.05, 0) is 69.1 Å². The summed E-state index contributed by atoms with van der Waals surface area (Å²) >= 11 is 0. The lowest BCUT2D eigenvalue weighted by Crippen LogP contribution is -2.45. The lowest BCUT2D eigenvalue weighted by Gasteiger charge is -2.34. The molecule has 1 aromatic carbocycles. The van der Waals surface area contributed by atoms with Gasteiger partial charge < -0.3 is 29.3 Å². The standard InChI is InChI=1S/C33H53N3O5/c1-24(2)35(33(38)26-12-15-30(40-4)31(19-26)41-18-8-17-39-3)22-27-20-34-21-28(27)23-36(29-13-14-29)32(37)16-11-25-9-6-5-7-10-25/h12,15,19,24-25,27-29,34H,5-11,13-14,16-18,20-23H2,1-4H3. The molecule has 41 heavy (non-hydrogen) atoms. The summed E-state index contributed by atoms with van der Waals surface area (Å²) in [4.78, 5) is 31.4. The van der Waals surface area contributed by atoms with Crippen molar-refractivity contribution in [3.8, 4) is 11.5 Å². The van der Waals surface area contributed by atoms with Crippen molar-refractivity contribution in [1.29, 1.82) is 0 Å². The largest absolute Gasteiger partial charge is 0.493 e. The van der Waals surface area contributed by atoms with Gasteiger partial charge >= 0.3 is 0 Å². The van der Waals surface area contributed by atoms with Gasteiger partial charge in [0.05, 0.1) is 13.7 Å². The van der Waals surface area contributed by atoms with Crippen molar-refractivity contribution >= 4 is 11.8 Å². The Bertz CT molecular complexity index is 976. The van der Waals surface area contributed by atoms with Crippen molar-refractivity contribution in [2.24, 2.45) is 17.8 Å². The maximum Gasteiger partial charge on any atom is 0.254 e. The Morgan fingerprint density at radius 3 is 2.34 bits per heavy atom. The molecule has 0 bridgehead atoms. The quantitative estimate of drug-likeness (QED) is 0.277.